The average molecular weight is 124 g/mol. The number of hydrogen-bond acceptors (Lipinski definition) is 1. The maximum atomic E-state index is 8.51. The summed E-state index contributed by atoms with van der Waals surface area (Å²) in [5, 5.41) is 0. The molecule has 0 aliphatic rings. The quantitative estimate of drug-likeness (QED) is 0.361. The van der Waals surface area contributed by atoms with Crippen LogP contribution in [0.15, 0.2) is 0 Å². The van der Waals surface area contributed by atoms with Crippen LogP contribution in [-0.2, 0) is 21.1 Å². The van der Waals surface area contributed by atoms with E-state index in [1.807, 2.05) is 0 Å². The second kappa shape index (κ2) is 9.60. The predicted molar refractivity (Wildman–Crippen MR) is 11.2 cm³/mol. The molecule has 0 fully saturated rings. The molecule has 4 heteroatoms. The van der Waals surface area contributed by atoms with Crippen LogP contribution in [0.3, 0.4) is 0 Å². The van der Waals surface area contributed by atoms with Crippen LogP contribution in [0.5, 0.6) is 0 Å². The van der Waals surface area contributed by atoms with E-state index in [9.17, 15) is 0 Å². The number of rotatable bonds is 0. The van der Waals surface area contributed by atoms with Crippen molar-refractivity contribution in [3.8, 4) is 0 Å². The van der Waals surface area contributed by atoms with E-state index >= 15 is 0 Å². The summed E-state index contributed by atoms with van der Waals surface area (Å²) in [6, 6.07) is 0. The monoisotopic (exact) mass is 123 g/mol. The van der Waals surface area contributed by atoms with Crippen LogP contribution in [0.2, 0.25) is 0 Å². The molecule has 26 valence electrons. The van der Waals surface area contributed by atoms with Gasteiger partial charge in [0.1, 0.15) is 0 Å². The fourth-order valence-electron chi connectivity index (χ4n) is 0. The predicted octanol–water partition coefficient (Wildman–Crippen LogP) is -0.0848. The Morgan fingerprint density at radius 3 is 1.75 bits per heavy atom. The van der Waals surface area contributed by atoms with Crippen molar-refractivity contribution < 1.29 is 25.9 Å². The van der Waals surface area contributed by atoms with E-state index < -0.39 is 8.69 Å². The van der Waals surface area contributed by atoms with Crippen molar-refractivity contribution >= 4 is 8.69 Å². The van der Waals surface area contributed by atoms with E-state index in [1.54, 1.807) is 0 Å². The maximum absolute atomic E-state index is 8.51. The van der Waals surface area contributed by atoms with E-state index in [4.69, 9.17) is 9.46 Å². The third-order valence-electron chi connectivity index (χ3n) is 0. The summed E-state index contributed by atoms with van der Waals surface area (Å²) in [6.45, 7) is 0. The zero-order valence-corrected chi connectivity index (χ0v) is 3.66. The van der Waals surface area contributed by atoms with Gasteiger partial charge >= 0.3 is 25.2 Å². The Balaban J connectivity index is 0. The van der Waals surface area contributed by atoms with Gasteiger partial charge in [0.2, 0.25) is 0 Å². The van der Waals surface area contributed by atoms with Crippen LogP contribution >= 0.6 is 8.69 Å². The molecule has 0 aliphatic heterocycles. The van der Waals surface area contributed by atoms with Gasteiger partial charge in [-0.25, -0.2) is 0 Å². The summed E-state index contributed by atoms with van der Waals surface area (Å²) >= 11 is 0. The Bertz CT molecular complexity index is 13.5. The van der Waals surface area contributed by atoms with E-state index in [0.717, 1.165) is 0 Å². The Kier molecular flexibility index (Phi) is 21.2. The Hall–Kier alpha value is 0.554. The van der Waals surface area contributed by atoms with Gasteiger partial charge in [-0.05, 0) is 4.57 Å². The topological polar surface area (TPSA) is 37.3 Å². The molecule has 1 unspecified atom stereocenters. The van der Waals surface area contributed by atoms with E-state index in [1.165, 1.54) is 0 Å². The summed E-state index contributed by atoms with van der Waals surface area (Å²) < 4.78 is 8.51. The molecule has 0 rings (SSSR count). The fourth-order valence-corrected chi connectivity index (χ4v) is 0. The minimum atomic E-state index is -1.17. The van der Waals surface area contributed by atoms with Crippen LogP contribution < -0.4 is 0 Å². The summed E-state index contributed by atoms with van der Waals surface area (Å²) in [4.78, 5) is 7.04. The molecular formula is H2NiO2P+3. The Morgan fingerprint density at radius 2 is 1.75 bits per heavy atom. The second-order valence-corrected chi connectivity index (χ2v) is 0.274. The Morgan fingerprint density at radius 1 is 1.75 bits per heavy atom. The minimum absolute atomic E-state index is 0. The first-order valence-corrected chi connectivity index (χ1v) is 1.28. The summed E-state index contributed by atoms with van der Waals surface area (Å²) in [7, 11) is -1.17. The van der Waals surface area contributed by atoms with Crippen molar-refractivity contribution in [2.24, 2.45) is 0 Å². The van der Waals surface area contributed by atoms with Gasteiger partial charge in [-0.3, -0.25) is 0 Å². The summed E-state index contributed by atoms with van der Waals surface area (Å²) in [5.41, 5.74) is 0. The molecular weight excluding hydrogens is 122 g/mol. The maximum Gasteiger partial charge on any atom is 2.00 e. The van der Waals surface area contributed by atoms with Crippen LogP contribution in [0.1, 0.15) is 0 Å². The van der Waals surface area contributed by atoms with Crippen LogP contribution in [0.25, 0.3) is 0 Å². The molecule has 2 nitrogen and oxygen atoms in total. The summed E-state index contributed by atoms with van der Waals surface area (Å²) in [5.74, 6) is 0. The molecule has 0 saturated carbocycles. The third kappa shape index (κ3) is 20.1. The smallest absolute Gasteiger partial charge is 0.162 e. The molecule has 0 spiro atoms. The molecule has 4 heavy (non-hydrogen) atoms. The number of hydrogen-bond donors (Lipinski definition) is 1. The van der Waals surface area contributed by atoms with Crippen molar-refractivity contribution in [1.29, 1.82) is 0 Å². The second-order valence-electron chi connectivity index (χ2n) is 0.0913. The van der Waals surface area contributed by atoms with Gasteiger partial charge in [0.15, 0.2) is 0 Å². The molecule has 0 aromatic heterocycles. The van der Waals surface area contributed by atoms with Gasteiger partial charge in [-0.15, -0.1) is 0 Å². The molecule has 0 amide bonds. The Labute approximate surface area is 35.4 Å². The summed E-state index contributed by atoms with van der Waals surface area (Å²) in [6.07, 6.45) is 0. The zero-order valence-electron chi connectivity index (χ0n) is 1.67. The molecule has 0 aromatic rings. The van der Waals surface area contributed by atoms with Crippen molar-refractivity contribution in [3.05, 3.63) is 0 Å². The van der Waals surface area contributed by atoms with Crippen molar-refractivity contribution in [2.75, 3.05) is 0 Å². The molecule has 0 saturated heterocycles. The van der Waals surface area contributed by atoms with Gasteiger partial charge in [0, 0.05) is 0 Å². The van der Waals surface area contributed by atoms with Gasteiger partial charge < -0.3 is 0 Å². The zero-order chi connectivity index (χ0) is 2.71. The normalized spacial score (nSPS) is 5.25. The van der Waals surface area contributed by atoms with Gasteiger partial charge in [0.05, 0.1) is 0 Å². The first-order chi connectivity index (χ1) is 1.41. The first-order valence-electron chi connectivity index (χ1n) is 0.428. The molecule has 0 aromatic carbocycles. The van der Waals surface area contributed by atoms with E-state index in [2.05, 4.69) is 0 Å². The van der Waals surface area contributed by atoms with E-state index in [0.29, 0.717) is 0 Å². The fraction of sp³-hybridized carbons (Fsp3) is 0. The standard InChI is InChI=1S/Ni.HO2P/c;1-3-2/h;3H/q+2;/p+1. The molecule has 0 aliphatic carbocycles. The van der Waals surface area contributed by atoms with Crippen molar-refractivity contribution in [3.63, 3.8) is 0 Å². The molecule has 0 heterocycles. The minimum Gasteiger partial charge on any atom is -0.162 e. The van der Waals surface area contributed by atoms with Crippen LogP contribution in [0, 0.1) is 0 Å². The molecule has 1 atom stereocenters. The largest absolute Gasteiger partial charge is 2.00 e. The molecule has 1 N–H and O–H groups in total. The molecule has 0 radical (unpaired) electrons. The van der Waals surface area contributed by atoms with Crippen molar-refractivity contribution in [2.45, 2.75) is 0 Å². The third-order valence-corrected chi connectivity index (χ3v) is 0. The van der Waals surface area contributed by atoms with Gasteiger partial charge in [-0.1, -0.05) is 0 Å². The first kappa shape index (κ1) is 8.82. The van der Waals surface area contributed by atoms with Crippen molar-refractivity contribution in [1.82, 2.24) is 0 Å². The van der Waals surface area contributed by atoms with E-state index in [-0.39, 0.29) is 16.5 Å². The van der Waals surface area contributed by atoms with Crippen LogP contribution in [0.4, 0.5) is 0 Å². The molecule has 0 bridgehead atoms. The average Bonchev–Trinajstić information content (AvgIpc) is 0.918. The SMILES string of the molecule is O=[PH+]O.[Ni+2]. The van der Waals surface area contributed by atoms with Gasteiger partial charge in [-0.2, -0.15) is 4.89 Å². The van der Waals surface area contributed by atoms with Crippen LogP contribution in [-0.4, -0.2) is 4.89 Å². The van der Waals surface area contributed by atoms with Gasteiger partial charge in [0.25, 0.3) is 0 Å².